The summed E-state index contributed by atoms with van der Waals surface area (Å²) >= 11 is 3.30. The highest BCUT2D eigenvalue weighted by Gasteiger charge is 2.12. The molecular formula is C12H16BrNO2. The summed E-state index contributed by atoms with van der Waals surface area (Å²) in [5, 5.41) is 0. The van der Waals surface area contributed by atoms with Crippen molar-refractivity contribution in [2.24, 2.45) is 5.73 Å². The Balaban J connectivity index is 2.90. The van der Waals surface area contributed by atoms with Gasteiger partial charge in [-0.15, -0.1) is 0 Å². The Kier molecular flexibility index (Phi) is 4.80. The van der Waals surface area contributed by atoms with Crippen LogP contribution in [-0.2, 0) is 0 Å². The quantitative estimate of drug-likeness (QED) is 0.904. The van der Waals surface area contributed by atoms with E-state index in [-0.39, 0.29) is 6.10 Å². The fourth-order valence-electron chi connectivity index (χ4n) is 1.48. The van der Waals surface area contributed by atoms with Crippen LogP contribution in [0.1, 0.15) is 37.0 Å². The molecule has 1 aromatic carbocycles. The zero-order chi connectivity index (χ0) is 12.1. The van der Waals surface area contributed by atoms with Crippen molar-refractivity contribution in [3.05, 3.63) is 28.2 Å². The smallest absolute Gasteiger partial charge is 0.252 e. The van der Waals surface area contributed by atoms with Crippen molar-refractivity contribution >= 4 is 21.8 Å². The van der Waals surface area contributed by atoms with Crippen molar-refractivity contribution < 1.29 is 9.53 Å². The molecule has 0 radical (unpaired) electrons. The minimum atomic E-state index is -0.472. The highest BCUT2D eigenvalue weighted by molar-refractivity contribution is 9.10. The van der Waals surface area contributed by atoms with Gasteiger partial charge in [-0.25, -0.2) is 0 Å². The third kappa shape index (κ3) is 3.52. The molecule has 0 saturated carbocycles. The molecule has 1 rings (SSSR count). The van der Waals surface area contributed by atoms with E-state index in [1.807, 2.05) is 13.0 Å². The van der Waals surface area contributed by atoms with Crippen molar-refractivity contribution in [3.8, 4) is 5.75 Å². The molecule has 1 aromatic rings. The van der Waals surface area contributed by atoms with Gasteiger partial charge in [-0.1, -0.05) is 29.3 Å². The Morgan fingerprint density at radius 1 is 1.56 bits per heavy atom. The molecule has 1 amide bonds. The van der Waals surface area contributed by atoms with Crippen LogP contribution in [0, 0.1) is 0 Å². The first-order valence-corrected chi connectivity index (χ1v) is 6.10. The number of hydrogen-bond donors (Lipinski definition) is 1. The molecule has 3 nitrogen and oxygen atoms in total. The van der Waals surface area contributed by atoms with Crippen molar-refractivity contribution in [3.63, 3.8) is 0 Å². The second-order valence-electron chi connectivity index (χ2n) is 3.72. The van der Waals surface area contributed by atoms with E-state index in [0.717, 1.165) is 17.3 Å². The molecule has 2 N–H and O–H groups in total. The topological polar surface area (TPSA) is 52.3 Å². The minimum absolute atomic E-state index is 0.0873. The number of rotatable bonds is 5. The van der Waals surface area contributed by atoms with E-state index >= 15 is 0 Å². The lowest BCUT2D eigenvalue weighted by Gasteiger charge is -2.15. The number of primary amides is 1. The van der Waals surface area contributed by atoms with Crippen LogP contribution in [0.4, 0.5) is 0 Å². The van der Waals surface area contributed by atoms with Crippen molar-refractivity contribution in [1.82, 2.24) is 0 Å². The van der Waals surface area contributed by atoms with Crippen LogP contribution in [0.3, 0.4) is 0 Å². The van der Waals surface area contributed by atoms with E-state index in [2.05, 4.69) is 22.9 Å². The molecule has 0 saturated heterocycles. The molecule has 1 atom stereocenters. The van der Waals surface area contributed by atoms with Crippen LogP contribution in [0.15, 0.2) is 22.7 Å². The molecule has 1 unspecified atom stereocenters. The van der Waals surface area contributed by atoms with Gasteiger partial charge >= 0.3 is 0 Å². The lowest BCUT2D eigenvalue weighted by atomic mass is 10.2. The van der Waals surface area contributed by atoms with E-state index in [9.17, 15) is 4.79 Å². The van der Waals surface area contributed by atoms with E-state index in [4.69, 9.17) is 10.5 Å². The van der Waals surface area contributed by atoms with Gasteiger partial charge in [0.1, 0.15) is 5.75 Å². The predicted molar refractivity (Wildman–Crippen MR) is 67.7 cm³/mol. The van der Waals surface area contributed by atoms with Gasteiger partial charge in [0.05, 0.1) is 11.7 Å². The SMILES string of the molecule is CCCC(C)Oc1ccc(Br)cc1C(N)=O. The highest BCUT2D eigenvalue weighted by Crippen LogP contribution is 2.24. The zero-order valence-corrected chi connectivity index (χ0v) is 11.1. The first-order valence-electron chi connectivity index (χ1n) is 5.30. The molecular weight excluding hydrogens is 270 g/mol. The summed E-state index contributed by atoms with van der Waals surface area (Å²) < 4.78 is 6.50. The number of carbonyl (C=O) groups is 1. The van der Waals surface area contributed by atoms with Crippen LogP contribution in [0.5, 0.6) is 5.75 Å². The second-order valence-corrected chi connectivity index (χ2v) is 4.64. The van der Waals surface area contributed by atoms with Crippen LogP contribution < -0.4 is 10.5 Å². The zero-order valence-electron chi connectivity index (χ0n) is 9.50. The van der Waals surface area contributed by atoms with Gasteiger partial charge in [0.25, 0.3) is 5.91 Å². The first-order chi connectivity index (χ1) is 7.54. The summed E-state index contributed by atoms with van der Waals surface area (Å²) in [4.78, 5) is 11.2. The maximum absolute atomic E-state index is 11.2. The number of amides is 1. The summed E-state index contributed by atoms with van der Waals surface area (Å²) in [5.41, 5.74) is 5.71. The van der Waals surface area contributed by atoms with Crippen LogP contribution in [0.2, 0.25) is 0 Å². The van der Waals surface area contributed by atoms with E-state index in [1.54, 1.807) is 12.1 Å². The highest BCUT2D eigenvalue weighted by atomic mass is 79.9. The molecule has 16 heavy (non-hydrogen) atoms. The second kappa shape index (κ2) is 5.89. The first kappa shape index (κ1) is 13.0. The van der Waals surface area contributed by atoms with Gasteiger partial charge in [0, 0.05) is 4.47 Å². The Hall–Kier alpha value is -1.03. The fourth-order valence-corrected chi connectivity index (χ4v) is 1.84. The molecule has 0 heterocycles. The number of nitrogens with two attached hydrogens (primary N) is 1. The molecule has 88 valence electrons. The van der Waals surface area contributed by atoms with Gasteiger partial charge in [-0.3, -0.25) is 4.79 Å². The van der Waals surface area contributed by atoms with Crippen LogP contribution >= 0.6 is 15.9 Å². The van der Waals surface area contributed by atoms with E-state index in [0.29, 0.717) is 11.3 Å². The summed E-state index contributed by atoms with van der Waals surface area (Å²) in [6.45, 7) is 4.08. The average Bonchev–Trinajstić information content (AvgIpc) is 2.20. The Bertz CT molecular complexity index is 379. The molecule has 0 aliphatic heterocycles. The summed E-state index contributed by atoms with van der Waals surface area (Å²) in [7, 11) is 0. The molecule has 0 aliphatic rings. The van der Waals surface area contributed by atoms with E-state index in [1.165, 1.54) is 0 Å². The monoisotopic (exact) mass is 285 g/mol. The molecule has 0 bridgehead atoms. The number of halogens is 1. The molecule has 0 spiro atoms. The number of ether oxygens (including phenoxy) is 1. The lowest BCUT2D eigenvalue weighted by Crippen LogP contribution is -2.17. The molecule has 4 heteroatoms. The Morgan fingerprint density at radius 2 is 2.25 bits per heavy atom. The summed E-state index contributed by atoms with van der Waals surface area (Å²) in [5.74, 6) is 0.0802. The van der Waals surface area contributed by atoms with Gasteiger partial charge in [0.2, 0.25) is 0 Å². The Labute approximate surface area is 104 Å². The van der Waals surface area contributed by atoms with Crippen molar-refractivity contribution in [2.75, 3.05) is 0 Å². The third-order valence-electron chi connectivity index (χ3n) is 2.23. The lowest BCUT2D eigenvalue weighted by molar-refractivity contribution is 0.0993. The number of benzene rings is 1. The maximum Gasteiger partial charge on any atom is 0.252 e. The normalized spacial score (nSPS) is 12.2. The van der Waals surface area contributed by atoms with Crippen molar-refractivity contribution in [1.29, 1.82) is 0 Å². The molecule has 0 fully saturated rings. The largest absolute Gasteiger partial charge is 0.490 e. The van der Waals surface area contributed by atoms with Crippen molar-refractivity contribution in [2.45, 2.75) is 32.8 Å². The van der Waals surface area contributed by atoms with Gasteiger partial charge in [-0.05, 0) is 31.5 Å². The minimum Gasteiger partial charge on any atom is -0.490 e. The predicted octanol–water partition coefficient (Wildman–Crippen LogP) is 3.12. The number of carbonyl (C=O) groups excluding carboxylic acids is 1. The number of hydrogen-bond acceptors (Lipinski definition) is 2. The Morgan fingerprint density at radius 3 is 2.81 bits per heavy atom. The fraction of sp³-hybridized carbons (Fsp3) is 0.417. The average molecular weight is 286 g/mol. The third-order valence-corrected chi connectivity index (χ3v) is 2.72. The van der Waals surface area contributed by atoms with Crippen LogP contribution in [-0.4, -0.2) is 12.0 Å². The summed E-state index contributed by atoms with van der Waals surface area (Å²) in [6.07, 6.45) is 2.09. The van der Waals surface area contributed by atoms with E-state index < -0.39 is 5.91 Å². The van der Waals surface area contributed by atoms with Gasteiger partial charge in [-0.2, -0.15) is 0 Å². The summed E-state index contributed by atoms with van der Waals surface area (Å²) in [6, 6.07) is 5.27. The van der Waals surface area contributed by atoms with Crippen LogP contribution in [0.25, 0.3) is 0 Å². The standard InChI is InChI=1S/C12H16BrNO2/c1-3-4-8(2)16-11-6-5-9(13)7-10(11)12(14)15/h5-8H,3-4H2,1-2H3,(H2,14,15). The molecule has 0 aliphatic carbocycles. The molecule has 0 aromatic heterocycles. The van der Waals surface area contributed by atoms with Gasteiger partial charge in [0.15, 0.2) is 0 Å². The maximum atomic E-state index is 11.2. The van der Waals surface area contributed by atoms with Gasteiger partial charge < -0.3 is 10.5 Å².